The Morgan fingerprint density at radius 2 is 1.85 bits per heavy atom. The number of hydrogen-bond donors (Lipinski definition) is 0. The van der Waals surface area contributed by atoms with Crippen molar-refractivity contribution in [1.82, 2.24) is 0 Å². The molecule has 0 bridgehead atoms. The first-order valence-electron chi connectivity index (χ1n) is 4.03. The average molecular weight is 196 g/mol. The van der Waals surface area contributed by atoms with E-state index in [1.165, 1.54) is 0 Å². The van der Waals surface area contributed by atoms with E-state index in [0.717, 1.165) is 5.70 Å². The molecule has 1 aromatic rings. The van der Waals surface area contributed by atoms with Gasteiger partial charge in [0.2, 0.25) is 0 Å². The van der Waals surface area contributed by atoms with Crippen molar-refractivity contribution in [2.75, 3.05) is 11.5 Å². The summed E-state index contributed by atoms with van der Waals surface area (Å²) in [6.45, 7) is 0. The second kappa shape index (κ2) is 2.96. The average Bonchev–Trinajstić information content (AvgIpc) is 2.48. The van der Waals surface area contributed by atoms with Crippen LogP contribution in [0.3, 0.4) is 0 Å². The van der Waals surface area contributed by atoms with Crippen LogP contribution in [-0.4, -0.2) is 19.9 Å². The topological polar surface area (TPSA) is 38.0 Å². The molecule has 1 aliphatic rings. The van der Waals surface area contributed by atoms with E-state index in [1.54, 1.807) is 6.08 Å². The van der Waals surface area contributed by atoms with Crippen LogP contribution in [0.25, 0.3) is 5.70 Å². The monoisotopic (exact) mass is 196 g/mol. The van der Waals surface area contributed by atoms with E-state index in [9.17, 15) is 8.42 Å². The van der Waals surface area contributed by atoms with E-state index < -0.39 is 9.84 Å². The van der Waals surface area contributed by atoms with E-state index >= 15 is 0 Å². The third kappa shape index (κ3) is 1.78. The Hall–Kier alpha value is -1.16. The first-order valence-corrected chi connectivity index (χ1v) is 5.86. The van der Waals surface area contributed by atoms with Crippen LogP contribution in [0.2, 0.25) is 0 Å². The third-order valence-electron chi connectivity index (χ3n) is 1.99. The van der Waals surface area contributed by atoms with Gasteiger partial charge in [0.25, 0.3) is 0 Å². The zero-order valence-electron chi connectivity index (χ0n) is 7.05. The number of aromatic nitrogens is 1. The van der Waals surface area contributed by atoms with Crippen LogP contribution in [0.4, 0.5) is 0 Å². The van der Waals surface area contributed by atoms with Crippen LogP contribution >= 0.6 is 0 Å². The van der Waals surface area contributed by atoms with Crippen molar-refractivity contribution in [2.45, 2.75) is 0 Å². The van der Waals surface area contributed by atoms with Crippen molar-refractivity contribution in [1.29, 1.82) is 0 Å². The lowest BCUT2D eigenvalue weighted by atomic mass is 10.4. The molecule has 1 aliphatic heterocycles. The van der Waals surface area contributed by atoms with Crippen molar-refractivity contribution in [3.05, 3.63) is 36.7 Å². The van der Waals surface area contributed by atoms with Crippen LogP contribution in [0.15, 0.2) is 36.7 Å². The standard InChI is InChI=1S/C9H10NO2S/c11-13(12)7-4-9(8-13)10-5-2-1-3-6-10/h1-6H,7-8H2/q+1. The Kier molecular flexibility index (Phi) is 1.92. The highest BCUT2D eigenvalue weighted by molar-refractivity contribution is 7.92. The number of rotatable bonds is 1. The molecule has 0 unspecified atom stereocenters. The first-order chi connectivity index (χ1) is 6.17. The highest BCUT2D eigenvalue weighted by atomic mass is 32.2. The molecular formula is C9H10NO2S+. The van der Waals surface area contributed by atoms with Gasteiger partial charge in [0.1, 0.15) is 5.75 Å². The molecule has 0 fully saturated rings. The number of nitrogens with zero attached hydrogens (tertiary/aromatic N) is 1. The Bertz CT molecular complexity index is 434. The molecular weight excluding hydrogens is 186 g/mol. The highest BCUT2D eigenvalue weighted by Gasteiger charge is 2.25. The normalized spacial score (nSPS) is 19.8. The summed E-state index contributed by atoms with van der Waals surface area (Å²) in [6.07, 6.45) is 5.47. The minimum atomic E-state index is -2.86. The minimum absolute atomic E-state index is 0.154. The molecule has 0 amide bonds. The van der Waals surface area contributed by atoms with Gasteiger partial charge in [-0.1, -0.05) is 6.07 Å². The van der Waals surface area contributed by atoms with E-state index in [-0.39, 0.29) is 11.5 Å². The Balaban J connectivity index is 2.32. The smallest absolute Gasteiger partial charge is 0.199 e. The maximum atomic E-state index is 11.1. The van der Waals surface area contributed by atoms with Gasteiger partial charge in [-0.15, -0.1) is 0 Å². The van der Waals surface area contributed by atoms with Gasteiger partial charge in [0.05, 0.1) is 5.75 Å². The lowest BCUT2D eigenvalue weighted by molar-refractivity contribution is -0.580. The largest absolute Gasteiger partial charge is 0.228 e. The predicted octanol–water partition coefficient (Wildman–Crippen LogP) is 0.243. The summed E-state index contributed by atoms with van der Waals surface area (Å²) in [4.78, 5) is 0. The second-order valence-corrected chi connectivity index (χ2v) is 5.14. The van der Waals surface area contributed by atoms with Crippen molar-refractivity contribution in [3.63, 3.8) is 0 Å². The molecule has 2 heterocycles. The maximum Gasteiger partial charge on any atom is 0.199 e. The van der Waals surface area contributed by atoms with Gasteiger partial charge in [0.15, 0.2) is 27.9 Å². The fourth-order valence-corrected chi connectivity index (χ4v) is 2.62. The molecule has 0 spiro atoms. The molecule has 2 rings (SSSR count). The van der Waals surface area contributed by atoms with E-state index in [0.29, 0.717) is 0 Å². The molecule has 13 heavy (non-hydrogen) atoms. The summed E-state index contributed by atoms with van der Waals surface area (Å²) in [7, 11) is -2.86. The molecule has 4 heteroatoms. The van der Waals surface area contributed by atoms with Gasteiger partial charge in [-0.05, 0) is 6.08 Å². The third-order valence-corrected chi connectivity index (χ3v) is 3.40. The van der Waals surface area contributed by atoms with Crippen molar-refractivity contribution < 1.29 is 13.0 Å². The summed E-state index contributed by atoms with van der Waals surface area (Å²) in [5.74, 6) is 0.325. The van der Waals surface area contributed by atoms with Gasteiger partial charge in [-0.25, -0.2) is 8.42 Å². The Morgan fingerprint density at radius 1 is 1.15 bits per heavy atom. The zero-order valence-corrected chi connectivity index (χ0v) is 7.87. The molecule has 0 aromatic carbocycles. The Labute approximate surface area is 77.3 Å². The fourth-order valence-electron chi connectivity index (χ4n) is 1.34. The number of sulfone groups is 1. The van der Waals surface area contributed by atoms with Crippen LogP contribution in [0.1, 0.15) is 0 Å². The summed E-state index contributed by atoms with van der Waals surface area (Å²) >= 11 is 0. The van der Waals surface area contributed by atoms with E-state index in [4.69, 9.17) is 0 Å². The SMILES string of the molecule is O=S1(=O)CC=C([n+]2ccccc2)C1. The predicted molar refractivity (Wildman–Crippen MR) is 49.6 cm³/mol. The molecule has 0 saturated heterocycles. The van der Waals surface area contributed by atoms with Crippen molar-refractivity contribution in [3.8, 4) is 0 Å². The molecule has 0 saturated carbocycles. The number of hydrogen-bond acceptors (Lipinski definition) is 2. The molecule has 0 radical (unpaired) electrons. The van der Waals surface area contributed by atoms with Crippen molar-refractivity contribution >= 4 is 15.5 Å². The quantitative estimate of drug-likeness (QED) is 0.604. The van der Waals surface area contributed by atoms with E-state index in [1.807, 2.05) is 35.2 Å². The van der Waals surface area contributed by atoms with Gasteiger partial charge < -0.3 is 0 Å². The van der Waals surface area contributed by atoms with Crippen LogP contribution < -0.4 is 4.57 Å². The van der Waals surface area contributed by atoms with Crippen molar-refractivity contribution in [2.24, 2.45) is 0 Å². The maximum absolute atomic E-state index is 11.1. The van der Waals surface area contributed by atoms with Gasteiger partial charge in [-0.2, -0.15) is 4.57 Å². The molecule has 3 nitrogen and oxygen atoms in total. The Morgan fingerprint density at radius 3 is 2.38 bits per heavy atom. The van der Waals surface area contributed by atoms with Gasteiger partial charge >= 0.3 is 0 Å². The summed E-state index contributed by atoms with van der Waals surface area (Å²) in [6, 6.07) is 5.66. The molecule has 1 aromatic heterocycles. The zero-order chi connectivity index (χ0) is 9.31. The van der Waals surface area contributed by atoms with E-state index in [2.05, 4.69) is 0 Å². The second-order valence-electron chi connectivity index (χ2n) is 3.03. The van der Waals surface area contributed by atoms with Crippen LogP contribution in [0, 0.1) is 0 Å². The molecule has 0 N–H and O–H groups in total. The summed E-state index contributed by atoms with van der Waals surface area (Å²) < 4.78 is 24.1. The minimum Gasteiger partial charge on any atom is -0.228 e. The van der Waals surface area contributed by atoms with Crippen LogP contribution in [0.5, 0.6) is 0 Å². The van der Waals surface area contributed by atoms with Gasteiger partial charge in [0, 0.05) is 12.1 Å². The summed E-state index contributed by atoms with van der Waals surface area (Å²) in [5, 5.41) is 0. The molecule has 68 valence electrons. The highest BCUT2D eigenvalue weighted by Crippen LogP contribution is 2.09. The molecule has 0 aliphatic carbocycles. The van der Waals surface area contributed by atoms with Crippen LogP contribution in [-0.2, 0) is 9.84 Å². The summed E-state index contributed by atoms with van der Waals surface area (Å²) in [5.41, 5.74) is 0.848. The first kappa shape index (κ1) is 8.44. The number of pyridine rings is 1. The molecule has 0 atom stereocenters. The fraction of sp³-hybridized carbons (Fsp3) is 0.222. The van der Waals surface area contributed by atoms with Gasteiger partial charge in [-0.3, -0.25) is 0 Å². The lowest BCUT2D eigenvalue weighted by Gasteiger charge is -1.92. The lowest BCUT2D eigenvalue weighted by Crippen LogP contribution is -2.32.